The van der Waals surface area contributed by atoms with Crippen molar-refractivity contribution in [3.8, 4) is 5.75 Å². The second-order valence-electron chi connectivity index (χ2n) is 6.31. The highest BCUT2D eigenvalue weighted by Gasteiger charge is 2.16. The van der Waals surface area contributed by atoms with E-state index in [1.807, 2.05) is 30.7 Å². The average molecular weight is 349 g/mol. The zero-order valence-electron chi connectivity index (χ0n) is 15.5. The molecule has 0 radical (unpaired) electrons. The lowest BCUT2D eigenvalue weighted by Crippen LogP contribution is -2.13. The summed E-state index contributed by atoms with van der Waals surface area (Å²) in [6, 6.07) is 15.3. The molecule has 3 rings (SSSR count). The molecule has 1 heterocycles. The van der Waals surface area contributed by atoms with Crippen LogP contribution in [-0.4, -0.2) is 22.8 Å². The van der Waals surface area contributed by atoms with Crippen molar-refractivity contribution in [1.29, 1.82) is 0 Å². The highest BCUT2D eigenvalue weighted by molar-refractivity contribution is 6.04. The summed E-state index contributed by atoms with van der Waals surface area (Å²) in [5.74, 6) is 0.564. The number of ether oxygens (including phenoxy) is 1. The molecular formula is C21H23N3O2. The zero-order valence-corrected chi connectivity index (χ0v) is 15.5. The van der Waals surface area contributed by atoms with Crippen molar-refractivity contribution in [2.75, 3.05) is 12.4 Å². The summed E-state index contributed by atoms with van der Waals surface area (Å²) >= 11 is 0. The molecule has 1 amide bonds. The van der Waals surface area contributed by atoms with Crippen LogP contribution in [0.5, 0.6) is 5.75 Å². The topological polar surface area (TPSA) is 56.1 Å². The molecule has 134 valence electrons. The number of benzene rings is 2. The first kappa shape index (κ1) is 17.7. The zero-order chi connectivity index (χ0) is 18.7. The molecule has 26 heavy (non-hydrogen) atoms. The summed E-state index contributed by atoms with van der Waals surface area (Å²) in [6.07, 6.45) is 0. The fourth-order valence-corrected chi connectivity index (χ4v) is 2.91. The molecular weight excluding hydrogens is 326 g/mol. The van der Waals surface area contributed by atoms with Gasteiger partial charge in [-0.05, 0) is 56.2 Å². The van der Waals surface area contributed by atoms with E-state index in [2.05, 4.69) is 29.5 Å². The number of aryl methyl sites for hydroxylation is 2. The van der Waals surface area contributed by atoms with Crippen LogP contribution in [0.3, 0.4) is 0 Å². The predicted molar refractivity (Wildman–Crippen MR) is 103 cm³/mol. The lowest BCUT2D eigenvalue weighted by molar-refractivity contribution is 0.102. The third-order valence-electron chi connectivity index (χ3n) is 4.55. The van der Waals surface area contributed by atoms with Crippen molar-refractivity contribution >= 4 is 11.6 Å². The van der Waals surface area contributed by atoms with Crippen molar-refractivity contribution in [2.24, 2.45) is 0 Å². The summed E-state index contributed by atoms with van der Waals surface area (Å²) in [5.41, 5.74) is 5.52. The van der Waals surface area contributed by atoms with E-state index in [9.17, 15) is 4.79 Å². The average Bonchev–Trinajstić information content (AvgIpc) is 2.91. The molecule has 1 N–H and O–H groups in total. The number of hydrogen-bond acceptors (Lipinski definition) is 3. The van der Waals surface area contributed by atoms with Gasteiger partial charge in [0.05, 0.1) is 30.7 Å². The molecule has 0 aliphatic carbocycles. The van der Waals surface area contributed by atoms with E-state index < -0.39 is 0 Å². The van der Waals surface area contributed by atoms with Gasteiger partial charge in [0.25, 0.3) is 5.91 Å². The highest BCUT2D eigenvalue weighted by atomic mass is 16.5. The van der Waals surface area contributed by atoms with Crippen LogP contribution in [0.25, 0.3) is 0 Å². The number of methoxy groups -OCH3 is 1. The van der Waals surface area contributed by atoms with Gasteiger partial charge in [0, 0.05) is 5.56 Å². The fourth-order valence-electron chi connectivity index (χ4n) is 2.91. The van der Waals surface area contributed by atoms with Gasteiger partial charge in [-0.15, -0.1) is 0 Å². The number of nitrogens with zero attached hydrogens (tertiary/aromatic N) is 2. The van der Waals surface area contributed by atoms with Crippen LogP contribution in [0.1, 0.15) is 32.9 Å². The first-order valence-electron chi connectivity index (χ1n) is 8.53. The maximum atomic E-state index is 12.6. The van der Waals surface area contributed by atoms with E-state index in [-0.39, 0.29) is 5.91 Å². The number of amides is 1. The third-order valence-corrected chi connectivity index (χ3v) is 4.55. The molecule has 0 unspecified atom stereocenters. The molecule has 0 aliphatic heterocycles. The van der Waals surface area contributed by atoms with Gasteiger partial charge < -0.3 is 10.1 Å². The lowest BCUT2D eigenvalue weighted by Gasteiger charge is -2.09. The van der Waals surface area contributed by atoms with E-state index in [1.165, 1.54) is 11.1 Å². The van der Waals surface area contributed by atoms with Gasteiger partial charge in [0.15, 0.2) is 0 Å². The molecule has 0 bridgehead atoms. The summed E-state index contributed by atoms with van der Waals surface area (Å²) in [7, 11) is 1.60. The normalized spacial score (nSPS) is 10.6. The van der Waals surface area contributed by atoms with E-state index in [1.54, 1.807) is 31.4 Å². The Labute approximate surface area is 153 Å². The van der Waals surface area contributed by atoms with Gasteiger partial charge >= 0.3 is 0 Å². The minimum Gasteiger partial charge on any atom is -0.497 e. The van der Waals surface area contributed by atoms with Crippen LogP contribution in [0, 0.1) is 20.8 Å². The fraction of sp³-hybridized carbons (Fsp3) is 0.238. The molecule has 5 nitrogen and oxygen atoms in total. The Kier molecular flexibility index (Phi) is 5.07. The van der Waals surface area contributed by atoms with Crippen LogP contribution in [0.2, 0.25) is 0 Å². The number of carbonyl (C=O) groups excluding carboxylic acids is 1. The molecule has 0 spiro atoms. The predicted octanol–water partition coefficient (Wildman–Crippen LogP) is 4.12. The van der Waals surface area contributed by atoms with Crippen molar-refractivity contribution < 1.29 is 9.53 Å². The van der Waals surface area contributed by atoms with Crippen molar-refractivity contribution in [1.82, 2.24) is 9.78 Å². The molecule has 3 aromatic rings. The minimum atomic E-state index is -0.158. The SMILES string of the molecule is COc1ccc(C(=O)Nc2c(C)nn(Cc3ccccc3C)c2C)cc1. The Morgan fingerprint density at radius 3 is 2.42 bits per heavy atom. The van der Waals surface area contributed by atoms with Gasteiger partial charge in [-0.2, -0.15) is 5.10 Å². The van der Waals surface area contributed by atoms with Crippen LogP contribution < -0.4 is 10.1 Å². The number of hydrogen-bond donors (Lipinski definition) is 1. The Balaban J connectivity index is 1.81. The van der Waals surface area contributed by atoms with Gasteiger partial charge in [-0.3, -0.25) is 9.48 Å². The quantitative estimate of drug-likeness (QED) is 0.754. The molecule has 0 fully saturated rings. The summed E-state index contributed by atoms with van der Waals surface area (Å²) in [5, 5.41) is 7.59. The van der Waals surface area contributed by atoms with Crippen molar-refractivity contribution in [2.45, 2.75) is 27.3 Å². The van der Waals surface area contributed by atoms with Crippen LogP contribution in [0.4, 0.5) is 5.69 Å². The second kappa shape index (κ2) is 7.44. The van der Waals surface area contributed by atoms with E-state index in [0.717, 1.165) is 22.8 Å². The Morgan fingerprint density at radius 2 is 1.77 bits per heavy atom. The molecule has 1 aromatic heterocycles. The molecule has 0 saturated carbocycles. The third kappa shape index (κ3) is 3.61. The van der Waals surface area contributed by atoms with Gasteiger partial charge in [-0.1, -0.05) is 24.3 Å². The summed E-state index contributed by atoms with van der Waals surface area (Å²) in [6.45, 7) is 6.65. The Morgan fingerprint density at radius 1 is 1.08 bits per heavy atom. The summed E-state index contributed by atoms with van der Waals surface area (Å²) < 4.78 is 7.06. The number of carbonyl (C=O) groups is 1. The maximum Gasteiger partial charge on any atom is 0.255 e. The minimum absolute atomic E-state index is 0.158. The maximum absolute atomic E-state index is 12.6. The van der Waals surface area contributed by atoms with E-state index in [4.69, 9.17) is 4.74 Å². The van der Waals surface area contributed by atoms with Crippen LogP contribution in [0.15, 0.2) is 48.5 Å². The first-order chi connectivity index (χ1) is 12.5. The van der Waals surface area contributed by atoms with Gasteiger partial charge in [0.1, 0.15) is 5.75 Å². The van der Waals surface area contributed by atoms with Gasteiger partial charge in [-0.25, -0.2) is 0 Å². The monoisotopic (exact) mass is 349 g/mol. The van der Waals surface area contributed by atoms with Gasteiger partial charge in [0.2, 0.25) is 0 Å². The van der Waals surface area contributed by atoms with Crippen LogP contribution >= 0.6 is 0 Å². The smallest absolute Gasteiger partial charge is 0.255 e. The number of anilines is 1. The number of rotatable bonds is 5. The largest absolute Gasteiger partial charge is 0.497 e. The van der Waals surface area contributed by atoms with Crippen molar-refractivity contribution in [3.05, 3.63) is 76.6 Å². The van der Waals surface area contributed by atoms with Crippen molar-refractivity contribution in [3.63, 3.8) is 0 Å². The lowest BCUT2D eigenvalue weighted by atomic mass is 10.1. The molecule has 2 aromatic carbocycles. The first-order valence-corrected chi connectivity index (χ1v) is 8.53. The number of nitrogens with one attached hydrogen (secondary N) is 1. The second-order valence-corrected chi connectivity index (χ2v) is 6.31. The van der Waals surface area contributed by atoms with E-state index >= 15 is 0 Å². The highest BCUT2D eigenvalue weighted by Crippen LogP contribution is 2.22. The Bertz CT molecular complexity index is 927. The standard InChI is InChI=1S/C21H23N3O2/c1-14-7-5-6-8-18(14)13-24-16(3)20(15(2)23-24)22-21(25)17-9-11-19(26-4)12-10-17/h5-12H,13H2,1-4H3,(H,22,25). The molecule has 0 aliphatic rings. The summed E-state index contributed by atoms with van der Waals surface area (Å²) in [4.78, 5) is 12.6. The number of aromatic nitrogens is 2. The molecule has 5 heteroatoms. The molecule has 0 saturated heterocycles. The van der Waals surface area contributed by atoms with Crippen LogP contribution in [-0.2, 0) is 6.54 Å². The van der Waals surface area contributed by atoms with E-state index in [0.29, 0.717) is 12.1 Å². The Hall–Kier alpha value is -3.08. The molecule has 0 atom stereocenters.